The number of rotatable bonds is 10. The van der Waals surface area contributed by atoms with E-state index in [9.17, 15) is 13.2 Å². The zero-order valence-corrected chi connectivity index (χ0v) is 21.8. The van der Waals surface area contributed by atoms with Crippen molar-refractivity contribution in [3.05, 3.63) is 92.6 Å². The van der Waals surface area contributed by atoms with Gasteiger partial charge in [-0.05, 0) is 53.8 Å². The van der Waals surface area contributed by atoms with Gasteiger partial charge in [-0.25, -0.2) is 12.7 Å². The van der Waals surface area contributed by atoms with Gasteiger partial charge in [0.05, 0.1) is 16.5 Å². The van der Waals surface area contributed by atoms with Gasteiger partial charge in [-0.15, -0.1) is 0 Å². The molecule has 36 heavy (non-hydrogen) atoms. The van der Waals surface area contributed by atoms with Crippen LogP contribution in [0.3, 0.4) is 0 Å². The van der Waals surface area contributed by atoms with Gasteiger partial charge < -0.3 is 10.1 Å². The van der Waals surface area contributed by atoms with E-state index in [4.69, 9.17) is 16.3 Å². The number of nitrogens with one attached hydrogen (secondary N) is 1. The summed E-state index contributed by atoms with van der Waals surface area (Å²) in [5, 5.41) is 3.76. The molecular formula is C26H29ClN4O4S. The van der Waals surface area contributed by atoms with Gasteiger partial charge in [0.25, 0.3) is 5.56 Å². The Hall–Kier alpha value is -2.98. The lowest BCUT2D eigenvalue weighted by Crippen LogP contribution is -2.31. The Kier molecular flexibility index (Phi) is 8.25. The van der Waals surface area contributed by atoms with E-state index in [-0.39, 0.29) is 17.9 Å². The number of hydrogen-bond acceptors (Lipinski definition) is 6. The van der Waals surface area contributed by atoms with Crippen LogP contribution in [0.1, 0.15) is 28.8 Å². The molecule has 0 bridgehead atoms. The van der Waals surface area contributed by atoms with Crippen LogP contribution >= 0.6 is 11.6 Å². The smallest absolute Gasteiger partial charge is 0.258 e. The number of pyridine rings is 2. The number of benzene rings is 1. The van der Waals surface area contributed by atoms with Gasteiger partial charge in [-0.3, -0.25) is 14.3 Å². The number of hydrogen-bond donors (Lipinski definition) is 1. The van der Waals surface area contributed by atoms with Crippen molar-refractivity contribution < 1.29 is 13.2 Å². The molecule has 0 radical (unpaired) electrons. The molecule has 0 fully saturated rings. The third kappa shape index (κ3) is 6.61. The predicted molar refractivity (Wildman–Crippen MR) is 142 cm³/mol. The van der Waals surface area contributed by atoms with Crippen LogP contribution in [0.15, 0.2) is 59.7 Å². The fourth-order valence-electron chi connectivity index (χ4n) is 3.88. The molecule has 0 aliphatic heterocycles. The van der Waals surface area contributed by atoms with E-state index in [0.717, 1.165) is 35.4 Å². The standard InChI is InChI=1S/C26H29ClN4O4S/c1-30(2)36(33,34)12-10-28-16-19-3-4-21-14-24(8-5-20(21)13-19)31-11-9-25(15-26(31)32)35-18-23-7-6-22(27)17-29-23/h3-4,6-7,9,11,13-15,17,28H,5,8,10,12,16,18H2,1-2H3. The lowest BCUT2D eigenvalue weighted by molar-refractivity contribution is 0.300. The van der Waals surface area contributed by atoms with Crippen molar-refractivity contribution in [3.8, 4) is 5.75 Å². The molecule has 0 saturated heterocycles. The monoisotopic (exact) mass is 528 g/mol. The van der Waals surface area contributed by atoms with Crippen molar-refractivity contribution in [2.75, 3.05) is 26.4 Å². The van der Waals surface area contributed by atoms with E-state index in [1.807, 2.05) is 18.2 Å². The van der Waals surface area contributed by atoms with Crippen molar-refractivity contribution in [2.24, 2.45) is 0 Å². The molecule has 2 aromatic heterocycles. The molecule has 8 nitrogen and oxygen atoms in total. The van der Waals surface area contributed by atoms with Crippen LogP contribution in [0.5, 0.6) is 5.75 Å². The maximum atomic E-state index is 12.8. The number of fused-ring (bicyclic) bond motifs is 1. The molecule has 0 unspecified atom stereocenters. The molecule has 1 aliphatic rings. The molecular weight excluding hydrogens is 500 g/mol. The Morgan fingerprint density at radius 2 is 1.97 bits per heavy atom. The SMILES string of the molecule is CN(C)S(=O)(=O)CCNCc1ccc2c(c1)CCC(n1ccc(OCc3ccc(Cl)cn3)cc1=O)=C2. The predicted octanol–water partition coefficient (Wildman–Crippen LogP) is 3.40. The lowest BCUT2D eigenvalue weighted by Gasteiger charge is -2.19. The third-order valence-electron chi connectivity index (χ3n) is 5.98. The van der Waals surface area contributed by atoms with Gasteiger partial charge in [-0.2, -0.15) is 0 Å². The molecule has 0 spiro atoms. The highest BCUT2D eigenvalue weighted by Gasteiger charge is 2.15. The van der Waals surface area contributed by atoms with Gasteiger partial charge in [-0.1, -0.05) is 29.8 Å². The molecule has 10 heteroatoms. The van der Waals surface area contributed by atoms with E-state index in [0.29, 0.717) is 23.9 Å². The number of sulfonamides is 1. The summed E-state index contributed by atoms with van der Waals surface area (Å²) in [6.07, 6.45) is 6.89. The topological polar surface area (TPSA) is 93.5 Å². The summed E-state index contributed by atoms with van der Waals surface area (Å²) in [7, 11) is -0.125. The van der Waals surface area contributed by atoms with Crippen molar-refractivity contribution in [1.29, 1.82) is 0 Å². The molecule has 1 aromatic carbocycles. The van der Waals surface area contributed by atoms with Gasteiger partial charge >= 0.3 is 0 Å². The second kappa shape index (κ2) is 11.4. The minimum absolute atomic E-state index is 0.0631. The first kappa shape index (κ1) is 26.1. The van der Waals surface area contributed by atoms with Crippen LogP contribution < -0.4 is 15.6 Å². The zero-order chi connectivity index (χ0) is 25.7. The van der Waals surface area contributed by atoms with E-state index in [1.54, 1.807) is 35.2 Å². The largest absolute Gasteiger partial charge is 0.487 e. The number of nitrogens with zero attached hydrogens (tertiary/aromatic N) is 3. The normalized spacial score (nSPS) is 13.4. The van der Waals surface area contributed by atoms with Gasteiger partial charge in [0.1, 0.15) is 12.4 Å². The highest BCUT2D eigenvalue weighted by Crippen LogP contribution is 2.27. The molecule has 2 heterocycles. The molecule has 0 saturated carbocycles. The van der Waals surface area contributed by atoms with Crippen LogP contribution in [0.25, 0.3) is 11.8 Å². The number of aryl methyl sites for hydroxylation is 1. The van der Waals surface area contributed by atoms with Crippen molar-refractivity contribution >= 4 is 33.4 Å². The van der Waals surface area contributed by atoms with E-state index in [1.165, 1.54) is 30.0 Å². The molecule has 0 amide bonds. The maximum absolute atomic E-state index is 12.8. The average Bonchev–Trinajstić information content (AvgIpc) is 2.86. The van der Waals surface area contributed by atoms with Crippen LogP contribution in [0, 0.1) is 0 Å². The quantitative estimate of drug-likeness (QED) is 0.405. The van der Waals surface area contributed by atoms with Crippen molar-refractivity contribution in [2.45, 2.75) is 26.0 Å². The third-order valence-corrected chi connectivity index (χ3v) is 8.03. The Labute approximate surface area is 216 Å². The first-order chi connectivity index (χ1) is 17.2. The van der Waals surface area contributed by atoms with Crippen LogP contribution in [0.4, 0.5) is 0 Å². The summed E-state index contributed by atoms with van der Waals surface area (Å²) in [5.74, 6) is 0.550. The Morgan fingerprint density at radius 3 is 2.69 bits per heavy atom. The summed E-state index contributed by atoms with van der Waals surface area (Å²) >= 11 is 5.85. The molecule has 0 atom stereocenters. The average molecular weight is 529 g/mol. The van der Waals surface area contributed by atoms with Crippen LogP contribution in [-0.2, 0) is 29.6 Å². The Bertz CT molecular complexity index is 1420. The minimum atomic E-state index is -3.20. The molecule has 3 aromatic rings. The molecule has 1 aliphatic carbocycles. The first-order valence-corrected chi connectivity index (χ1v) is 13.6. The fraction of sp³-hybridized carbons (Fsp3) is 0.308. The van der Waals surface area contributed by atoms with Gasteiger partial charge in [0.2, 0.25) is 10.0 Å². The summed E-state index contributed by atoms with van der Waals surface area (Å²) in [6, 6.07) is 13.0. The van der Waals surface area contributed by atoms with Crippen molar-refractivity contribution in [3.63, 3.8) is 0 Å². The number of allylic oxidation sites excluding steroid dienone is 1. The highest BCUT2D eigenvalue weighted by molar-refractivity contribution is 7.89. The van der Waals surface area contributed by atoms with Crippen LogP contribution in [-0.4, -0.2) is 48.7 Å². The zero-order valence-electron chi connectivity index (χ0n) is 20.3. The minimum Gasteiger partial charge on any atom is -0.487 e. The number of halogens is 1. The lowest BCUT2D eigenvalue weighted by atomic mass is 9.93. The first-order valence-electron chi connectivity index (χ1n) is 11.6. The van der Waals surface area contributed by atoms with Crippen LogP contribution in [0.2, 0.25) is 5.02 Å². The summed E-state index contributed by atoms with van der Waals surface area (Å²) in [6.45, 7) is 1.24. The number of aromatic nitrogens is 2. The number of ether oxygens (including phenoxy) is 1. The van der Waals surface area contributed by atoms with Gasteiger partial charge in [0, 0.05) is 51.3 Å². The van der Waals surface area contributed by atoms with Gasteiger partial charge in [0.15, 0.2) is 0 Å². The Balaban J connectivity index is 1.38. The summed E-state index contributed by atoms with van der Waals surface area (Å²) in [4.78, 5) is 17.0. The molecule has 190 valence electrons. The summed E-state index contributed by atoms with van der Waals surface area (Å²) in [5.41, 5.74) is 4.89. The summed E-state index contributed by atoms with van der Waals surface area (Å²) < 4.78 is 32.3. The highest BCUT2D eigenvalue weighted by atomic mass is 35.5. The second-order valence-corrected chi connectivity index (χ2v) is 11.5. The van der Waals surface area contributed by atoms with Crippen molar-refractivity contribution in [1.82, 2.24) is 19.2 Å². The van der Waals surface area contributed by atoms with E-state index >= 15 is 0 Å². The maximum Gasteiger partial charge on any atom is 0.258 e. The molecule has 1 N–H and O–H groups in total. The van der Waals surface area contributed by atoms with E-state index < -0.39 is 10.0 Å². The van der Waals surface area contributed by atoms with E-state index in [2.05, 4.69) is 16.4 Å². The Morgan fingerprint density at radius 1 is 1.14 bits per heavy atom. The second-order valence-electron chi connectivity index (χ2n) is 8.77. The fourth-order valence-corrected chi connectivity index (χ4v) is 4.76. The molecule has 4 rings (SSSR count).